The fraction of sp³-hybridized carbons (Fsp3) is 0. The zero-order valence-electron chi connectivity index (χ0n) is 21.0. The molecule has 0 heterocycles. The van der Waals surface area contributed by atoms with Gasteiger partial charge >= 0.3 is 0 Å². The van der Waals surface area contributed by atoms with E-state index in [0.717, 1.165) is 0 Å². The van der Waals surface area contributed by atoms with Crippen LogP contribution in [0.25, 0.3) is 0 Å². The molecule has 2 aromatic rings. The maximum Gasteiger partial charge on any atom is 0.207 e. The third-order valence-corrected chi connectivity index (χ3v) is 9.51. The van der Waals surface area contributed by atoms with E-state index in [1.807, 2.05) is 0 Å². The SMILES string of the molecule is C#CC#CC#CP(C#CC#CC#C)c1ccccc1S(=O)(=O)c1ccccc1P(C#CC#CC#C)C#CC#CC#C. The fourth-order valence-corrected chi connectivity index (χ4v) is 7.79. The monoisotopic (exact) mass is 570 g/mol. The largest absolute Gasteiger partial charge is 0.218 e. The molecule has 0 amide bonds. The minimum Gasteiger partial charge on any atom is -0.218 e. The second-order valence-electron chi connectivity index (χ2n) is 6.63. The average molecular weight is 571 g/mol. The van der Waals surface area contributed by atoms with Gasteiger partial charge in [-0.1, -0.05) is 36.4 Å². The predicted molar refractivity (Wildman–Crippen MR) is 169 cm³/mol. The van der Waals surface area contributed by atoms with E-state index in [2.05, 4.69) is 117 Å². The second-order valence-corrected chi connectivity index (χ2v) is 11.7. The first-order chi connectivity index (χ1) is 20.0. The topological polar surface area (TPSA) is 34.1 Å². The van der Waals surface area contributed by atoms with Gasteiger partial charge < -0.3 is 0 Å². The smallest absolute Gasteiger partial charge is 0.207 e. The van der Waals surface area contributed by atoms with E-state index < -0.39 is 25.7 Å². The normalized spacial score (nSPS) is 7.95. The zero-order chi connectivity index (χ0) is 29.8. The Bertz CT molecular complexity index is 1920. The molecule has 0 fully saturated rings. The van der Waals surface area contributed by atoms with Crippen LogP contribution in [-0.2, 0) is 9.84 Å². The lowest BCUT2D eigenvalue weighted by Crippen LogP contribution is -2.19. The van der Waals surface area contributed by atoms with Gasteiger partial charge in [0.1, 0.15) is 0 Å². The van der Waals surface area contributed by atoms with E-state index in [1.54, 1.807) is 36.4 Å². The molecule has 184 valence electrons. The number of hydrogen-bond donors (Lipinski definition) is 0. The highest BCUT2D eigenvalue weighted by atomic mass is 32.2. The summed E-state index contributed by atoms with van der Waals surface area (Å²) in [6.45, 7) is 0. The number of hydrogen-bond acceptors (Lipinski definition) is 2. The Labute approximate surface area is 245 Å². The van der Waals surface area contributed by atoms with Gasteiger partial charge in [-0.05, 0) is 130 Å². The molecule has 0 saturated carbocycles. The Kier molecular flexibility index (Phi) is 13.3. The van der Waals surface area contributed by atoms with Crippen LogP contribution < -0.4 is 10.6 Å². The van der Waals surface area contributed by atoms with Crippen LogP contribution in [0.15, 0.2) is 58.3 Å². The first-order valence-corrected chi connectivity index (χ1v) is 15.1. The molecule has 0 aliphatic heterocycles. The van der Waals surface area contributed by atoms with Gasteiger partial charge in [-0.15, -0.1) is 25.7 Å². The molecule has 0 saturated heterocycles. The number of terminal acetylenes is 4. The van der Waals surface area contributed by atoms with Crippen molar-refractivity contribution >= 4 is 36.3 Å². The van der Waals surface area contributed by atoms with Crippen LogP contribution in [0.2, 0.25) is 0 Å². The van der Waals surface area contributed by atoms with Gasteiger partial charge in [0.15, 0.2) is 0 Å². The minimum absolute atomic E-state index is 0.00657. The Hall–Kier alpha value is -6.03. The van der Waals surface area contributed by atoms with Crippen molar-refractivity contribution < 1.29 is 8.42 Å². The number of benzene rings is 2. The molecule has 0 N–H and O–H groups in total. The van der Waals surface area contributed by atoms with Gasteiger partial charge in [-0.25, -0.2) is 8.42 Å². The van der Waals surface area contributed by atoms with Gasteiger partial charge in [0, 0.05) is 10.6 Å². The molecule has 5 heteroatoms. The fourth-order valence-electron chi connectivity index (χ4n) is 2.76. The van der Waals surface area contributed by atoms with E-state index in [9.17, 15) is 8.42 Å². The van der Waals surface area contributed by atoms with E-state index in [0.29, 0.717) is 10.6 Å². The van der Waals surface area contributed by atoms with Crippen LogP contribution in [0, 0.1) is 143 Å². The Balaban J connectivity index is 2.83. The van der Waals surface area contributed by atoms with Crippen molar-refractivity contribution in [1.82, 2.24) is 0 Å². The maximum atomic E-state index is 14.2. The molecule has 2 nitrogen and oxygen atoms in total. The van der Waals surface area contributed by atoms with Crippen molar-refractivity contribution in [3.63, 3.8) is 0 Å². The van der Waals surface area contributed by atoms with Crippen LogP contribution >= 0.6 is 15.8 Å². The van der Waals surface area contributed by atoms with E-state index in [4.69, 9.17) is 25.7 Å². The first-order valence-electron chi connectivity index (χ1n) is 10.9. The molecular weight excluding hydrogens is 558 g/mol. The van der Waals surface area contributed by atoms with Crippen molar-refractivity contribution in [3.05, 3.63) is 48.5 Å². The van der Waals surface area contributed by atoms with Crippen LogP contribution in [0.5, 0.6) is 0 Å². The minimum atomic E-state index is -4.14. The lowest BCUT2D eigenvalue weighted by atomic mass is 10.4. The molecule has 2 aromatic carbocycles. The molecule has 0 atom stereocenters. The summed E-state index contributed by atoms with van der Waals surface area (Å²) in [4.78, 5) is 0.0131. The molecule has 0 unspecified atom stereocenters. The number of rotatable bonds is 4. The van der Waals surface area contributed by atoms with Gasteiger partial charge in [-0.3, -0.25) is 0 Å². The van der Waals surface area contributed by atoms with Crippen molar-refractivity contribution in [2.45, 2.75) is 9.79 Å². The summed E-state index contributed by atoms with van der Waals surface area (Å²) < 4.78 is 28.4. The highest BCUT2D eigenvalue weighted by Crippen LogP contribution is 2.38. The number of sulfone groups is 1. The standard InChI is InChI=1S/C36H12O2P2S/c1-5-9-13-21-29-39(30-22-14-10-6-2)33-25-17-19-27-35(33)41(37,38)36-28-20-18-26-34(36)40(31-23-15-11-7-3)32-24-16-12-8-4/h1-4,17-20,25-28H. The lowest BCUT2D eigenvalue weighted by molar-refractivity contribution is 0.597. The predicted octanol–water partition coefficient (Wildman–Crippen LogP) is 3.12. The molecule has 41 heavy (non-hydrogen) atoms. The molecule has 0 aliphatic carbocycles. The maximum absolute atomic E-state index is 14.2. The van der Waals surface area contributed by atoms with Gasteiger partial charge in [-0.2, -0.15) is 0 Å². The summed E-state index contributed by atoms with van der Waals surface area (Å²) >= 11 is 0. The van der Waals surface area contributed by atoms with Crippen molar-refractivity contribution in [2.75, 3.05) is 0 Å². The molecule has 0 aliphatic rings. The second kappa shape index (κ2) is 17.5. The Morgan fingerprint density at radius 1 is 0.439 bits per heavy atom. The summed E-state index contributed by atoms with van der Waals surface area (Å²) in [5, 5.41) is 0.757. The Morgan fingerprint density at radius 2 is 0.732 bits per heavy atom. The molecule has 0 aromatic heterocycles. The van der Waals surface area contributed by atoms with Crippen LogP contribution in [0.3, 0.4) is 0 Å². The quantitative estimate of drug-likeness (QED) is 0.419. The first kappa shape index (κ1) is 31.2. The van der Waals surface area contributed by atoms with E-state index >= 15 is 0 Å². The summed E-state index contributed by atoms with van der Waals surface area (Å²) in [6.07, 6.45) is 20.7. The van der Waals surface area contributed by atoms with E-state index in [-0.39, 0.29) is 9.79 Å². The summed E-state index contributed by atoms with van der Waals surface area (Å²) in [5.74, 6) is 38.9. The summed E-state index contributed by atoms with van der Waals surface area (Å²) in [6, 6.07) is 12.8. The molecule has 0 bridgehead atoms. The molecular formula is C36H12O2P2S. The van der Waals surface area contributed by atoms with Gasteiger partial charge in [0.05, 0.1) is 25.6 Å². The molecule has 2 rings (SSSR count). The zero-order valence-corrected chi connectivity index (χ0v) is 23.7. The van der Waals surface area contributed by atoms with Gasteiger partial charge in [0.2, 0.25) is 9.84 Å². The third kappa shape index (κ3) is 9.65. The van der Waals surface area contributed by atoms with Crippen LogP contribution in [0.1, 0.15) is 0 Å². The summed E-state index contributed by atoms with van der Waals surface area (Å²) in [5.41, 5.74) is 11.7. The van der Waals surface area contributed by atoms with Crippen molar-refractivity contribution in [2.24, 2.45) is 0 Å². The summed E-state index contributed by atoms with van der Waals surface area (Å²) in [7, 11) is -7.51. The lowest BCUT2D eigenvalue weighted by Gasteiger charge is -2.15. The van der Waals surface area contributed by atoms with Crippen molar-refractivity contribution in [1.29, 1.82) is 0 Å². The van der Waals surface area contributed by atoms with Crippen molar-refractivity contribution in [3.8, 4) is 143 Å². The van der Waals surface area contributed by atoms with Gasteiger partial charge in [0.25, 0.3) is 0 Å². The third-order valence-electron chi connectivity index (χ3n) is 4.25. The highest BCUT2D eigenvalue weighted by Gasteiger charge is 2.28. The Morgan fingerprint density at radius 3 is 1.02 bits per heavy atom. The molecule has 0 radical (unpaired) electrons. The van der Waals surface area contributed by atoms with Crippen LogP contribution in [-0.4, -0.2) is 8.42 Å². The van der Waals surface area contributed by atoms with Crippen LogP contribution in [0.4, 0.5) is 0 Å². The molecule has 0 spiro atoms. The highest BCUT2D eigenvalue weighted by molar-refractivity contribution is 7.93. The average Bonchev–Trinajstić information content (AvgIpc) is 2.99. The van der Waals surface area contributed by atoms with E-state index in [1.165, 1.54) is 12.1 Å².